The maximum absolute atomic E-state index is 11.8. The van der Waals surface area contributed by atoms with Gasteiger partial charge in [-0.25, -0.2) is 0 Å². The number of rotatable bonds is 4. The van der Waals surface area contributed by atoms with Crippen LogP contribution in [0.1, 0.15) is 36.1 Å². The van der Waals surface area contributed by atoms with Crippen LogP contribution in [0.25, 0.3) is 0 Å². The number of likely N-dealkylation sites (N-methyl/N-ethyl adjacent to an activating group) is 1. The van der Waals surface area contributed by atoms with E-state index in [0.29, 0.717) is 0 Å². The van der Waals surface area contributed by atoms with Gasteiger partial charge in [-0.2, -0.15) is 0 Å². The minimum atomic E-state index is 0.00202. The number of carbonyl (C=O) groups excluding carboxylic acids is 1. The van der Waals surface area contributed by atoms with Crippen LogP contribution < -0.4 is 5.32 Å². The SMILES string of the molecule is CCc1ccc(C(C)NC2CCN(C)C2=O)s1. The Morgan fingerprint density at radius 1 is 1.59 bits per heavy atom. The summed E-state index contributed by atoms with van der Waals surface area (Å²) in [6.07, 6.45) is 2.01. The van der Waals surface area contributed by atoms with Crippen LogP contribution in [0.15, 0.2) is 12.1 Å². The molecule has 1 aromatic rings. The van der Waals surface area contributed by atoms with Crippen LogP contribution in [0.3, 0.4) is 0 Å². The second-order valence-electron chi connectivity index (χ2n) is 4.65. The lowest BCUT2D eigenvalue weighted by molar-refractivity contribution is -0.128. The molecule has 2 heterocycles. The summed E-state index contributed by atoms with van der Waals surface area (Å²) in [4.78, 5) is 16.3. The van der Waals surface area contributed by atoms with Crippen molar-refractivity contribution < 1.29 is 4.79 Å². The second-order valence-corrected chi connectivity index (χ2v) is 5.85. The van der Waals surface area contributed by atoms with E-state index in [1.165, 1.54) is 9.75 Å². The summed E-state index contributed by atoms with van der Waals surface area (Å²) in [5.74, 6) is 0.226. The highest BCUT2D eigenvalue weighted by atomic mass is 32.1. The zero-order valence-corrected chi connectivity index (χ0v) is 11.5. The van der Waals surface area contributed by atoms with Gasteiger partial charge in [0.15, 0.2) is 0 Å². The van der Waals surface area contributed by atoms with Crippen molar-refractivity contribution in [3.63, 3.8) is 0 Å². The van der Waals surface area contributed by atoms with E-state index < -0.39 is 0 Å². The first-order chi connectivity index (χ1) is 8.11. The van der Waals surface area contributed by atoms with Gasteiger partial charge in [0.25, 0.3) is 0 Å². The average molecular weight is 252 g/mol. The summed E-state index contributed by atoms with van der Waals surface area (Å²) < 4.78 is 0. The lowest BCUT2D eigenvalue weighted by atomic mass is 10.2. The molecule has 0 aromatic carbocycles. The molecule has 17 heavy (non-hydrogen) atoms. The molecule has 2 rings (SSSR count). The molecule has 1 aliphatic rings. The molecule has 1 amide bonds. The first kappa shape index (κ1) is 12.6. The summed E-state index contributed by atoms with van der Waals surface area (Å²) in [6.45, 7) is 5.17. The summed E-state index contributed by atoms with van der Waals surface area (Å²) >= 11 is 1.84. The number of hydrogen-bond acceptors (Lipinski definition) is 3. The molecular weight excluding hydrogens is 232 g/mol. The van der Waals surface area contributed by atoms with Crippen molar-refractivity contribution in [1.29, 1.82) is 0 Å². The van der Waals surface area contributed by atoms with Gasteiger partial charge in [0.05, 0.1) is 6.04 Å². The standard InChI is InChI=1S/C13H20N2OS/c1-4-10-5-6-12(17-10)9(2)14-11-7-8-15(3)13(11)16/h5-6,9,11,14H,4,7-8H2,1-3H3. The zero-order chi connectivity index (χ0) is 12.4. The maximum atomic E-state index is 11.8. The van der Waals surface area contributed by atoms with E-state index in [2.05, 4.69) is 31.3 Å². The van der Waals surface area contributed by atoms with E-state index in [4.69, 9.17) is 0 Å². The number of carbonyl (C=O) groups is 1. The van der Waals surface area contributed by atoms with Crippen molar-refractivity contribution in [1.82, 2.24) is 10.2 Å². The maximum Gasteiger partial charge on any atom is 0.239 e. The van der Waals surface area contributed by atoms with Gasteiger partial charge in [-0.3, -0.25) is 10.1 Å². The quantitative estimate of drug-likeness (QED) is 0.891. The number of likely N-dealkylation sites (tertiary alicyclic amines) is 1. The topological polar surface area (TPSA) is 32.3 Å². The molecule has 1 saturated heterocycles. The number of hydrogen-bond donors (Lipinski definition) is 1. The third-order valence-corrected chi connectivity index (χ3v) is 4.75. The third-order valence-electron chi connectivity index (χ3n) is 3.34. The third kappa shape index (κ3) is 2.69. The minimum Gasteiger partial charge on any atom is -0.344 e. The highest BCUT2D eigenvalue weighted by Gasteiger charge is 2.30. The number of nitrogens with zero attached hydrogens (tertiary/aromatic N) is 1. The fourth-order valence-electron chi connectivity index (χ4n) is 2.18. The Bertz CT molecular complexity index is 402. The van der Waals surface area contributed by atoms with E-state index in [1.54, 1.807) is 4.90 Å². The molecule has 1 aromatic heterocycles. The molecule has 4 heteroatoms. The predicted molar refractivity (Wildman–Crippen MR) is 71.3 cm³/mol. The molecule has 1 N–H and O–H groups in total. The van der Waals surface area contributed by atoms with Crippen LogP contribution in [0.5, 0.6) is 0 Å². The van der Waals surface area contributed by atoms with Gasteiger partial charge >= 0.3 is 0 Å². The van der Waals surface area contributed by atoms with E-state index in [0.717, 1.165) is 19.4 Å². The number of amides is 1. The smallest absolute Gasteiger partial charge is 0.239 e. The summed E-state index contributed by atoms with van der Waals surface area (Å²) in [5.41, 5.74) is 0. The molecule has 2 atom stereocenters. The highest BCUT2D eigenvalue weighted by Crippen LogP contribution is 2.24. The number of nitrogens with one attached hydrogen (secondary N) is 1. The van der Waals surface area contributed by atoms with Gasteiger partial charge in [-0.05, 0) is 31.9 Å². The van der Waals surface area contributed by atoms with Gasteiger partial charge in [-0.15, -0.1) is 11.3 Å². The Kier molecular flexibility index (Phi) is 3.84. The van der Waals surface area contributed by atoms with E-state index in [9.17, 15) is 4.79 Å². The zero-order valence-electron chi connectivity index (χ0n) is 10.7. The Morgan fingerprint density at radius 2 is 2.35 bits per heavy atom. The number of aryl methyl sites for hydroxylation is 1. The van der Waals surface area contributed by atoms with Crippen LogP contribution in [0, 0.1) is 0 Å². The molecule has 0 saturated carbocycles. The molecule has 1 fully saturated rings. The monoisotopic (exact) mass is 252 g/mol. The van der Waals surface area contributed by atoms with Crippen molar-refractivity contribution in [3.05, 3.63) is 21.9 Å². The van der Waals surface area contributed by atoms with Crippen molar-refractivity contribution in [2.24, 2.45) is 0 Å². The molecule has 1 aliphatic heterocycles. The van der Waals surface area contributed by atoms with Gasteiger partial charge in [0.1, 0.15) is 0 Å². The minimum absolute atomic E-state index is 0.00202. The predicted octanol–water partition coefficient (Wildman–Crippen LogP) is 2.19. The average Bonchev–Trinajstić information content (AvgIpc) is 2.91. The molecule has 0 bridgehead atoms. The second kappa shape index (κ2) is 5.19. The highest BCUT2D eigenvalue weighted by molar-refractivity contribution is 7.12. The van der Waals surface area contributed by atoms with E-state index in [1.807, 2.05) is 18.4 Å². The van der Waals surface area contributed by atoms with Crippen LogP contribution in [0.2, 0.25) is 0 Å². The lowest BCUT2D eigenvalue weighted by Gasteiger charge is -2.17. The fraction of sp³-hybridized carbons (Fsp3) is 0.615. The van der Waals surface area contributed by atoms with Gasteiger partial charge < -0.3 is 4.90 Å². The summed E-state index contributed by atoms with van der Waals surface area (Å²) in [6, 6.07) is 4.62. The van der Waals surface area contributed by atoms with E-state index in [-0.39, 0.29) is 18.0 Å². The molecular formula is C13H20N2OS. The normalized spacial score (nSPS) is 22.2. The van der Waals surface area contributed by atoms with Crippen molar-refractivity contribution in [2.75, 3.05) is 13.6 Å². The fourth-order valence-corrected chi connectivity index (χ4v) is 3.14. The molecule has 3 nitrogen and oxygen atoms in total. The Morgan fingerprint density at radius 3 is 2.88 bits per heavy atom. The van der Waals surface area contributed by atoms with Crippen LogP contribution in [-0.2, 0) is 11.2 Å². The van der Waals surface area contributed by atoms with Crippen molar-refractivity contribution in [3.8, 4) is 0 Å². The Labute approximate surface area is 107 Å². The molecule has 0 radical (unpaired) electrons. The molecule has 94 valence electrons. The summed E-state index contributed by atoms with van der Waals surface area (Å²) in [5, 5.41) is 3.43. The Balaban J connectivity index is 1.97. The van der Waals surface area contributed by atoms with Crippen LogP contribution >= 0.6 is 11.3 Å². The molecule has 0 aliphatic carbocycles. The summed E-state index contributed by atoms with van der Waals surface area (Å²) in [7, 11) is 1.87. The van der Waals surface area contributed by atoms with Gasteiger partial charge in [-0.1, -0.05) is 6.92 Å². The molecule has 2 unspecified atom stereocenters. The Hall–Kier alpha value is -0.870. The first-order valence-electron chi connectivity index (χ1n) is 6.21. The van der Waals surface area contributed by atoms with Crippen molar-refractivity contribution >= 4 is 17.2 Å². The van der Waals surface area contributed by atoms with E-state index >= 15 is 0 Å². The lowest BCUT2D eigenvalue weighted by Crippen LogP contribution is -2.38. The van der Waals surface area contributed by atoms with Crippen LogP contribution in [-0.4, -0.2) is 30.4 Å². The van der Waals surface area contributed by atoms with Crippen LogP contribution in [0.4, 0.5) is 0 Å². The first-order valence-corrected chi connectivity index (χ1v) is 7.03. The van der Waals surface area contributed by atoms with Crippen molar-refractivity contribution in [2.45, 2.75) is 38.8 Å². The van der Waals surface area contributed by atoms with Gasteiger partial charge in [0.2, 0.25) is 5.91 Å². The number of thiophene rings is 1. The van der Waals surface area contributed by atoms with Gasteiger partial charge in [0, 0.05) is 29.4 Å². The largest absolute Gasteiger partial charge is 0.344 e. The molecule has 0 spiro atoms.